The third kappa shape index (κ3) is 2.93. The highest BCUT2D eigenvalue weighted by Crippen LogP contribution is 2.27. The number of hydrogen-bond acceptors (Lipinski definition) is 3. The van der Waals surface area contributed by atoms with Crippen LogP contribution in [-0.4, -0.2) is 17.6 Å². The lowest BCUT2D eigenvalue weighted by molar-refractivity contribution is -0.116. The monoisotopic (exact) mass is 276 g/mol. The Morgan fingerprint density at radius 2 is 2.00 bits per heavy atom. The molecule has 1 aromatic carbocycles. The number of rotatable bonds is 3. The largest absolute Gasteiger partial charge is 0.495 e. The molecular formula is C14H16N2O2S. The Kier molecular flexibility index (Phi) is 4.16. The summed E-state index contributed by atoms with van der Waals surface area (Å²) in [6.45, 7) is 4.13. The van der Waals surface area contributed by atoms with Gasteiger partial charge in [-0.25, -0.2) is 0 Å². The van der Waals surface area contributed by atoms with E-state index in [0.717, 1.165) is 5.56 Å². The maximum absolute atomic E-state index is 11.9. The highest BCUT2D eigenvalue weighted by molar-refractivity contribution is 7.80. The molecular weight excluding hydrogens is 260 g/mol. The molecule has 100 valence electrons. The molecule has 0 aromatic heterocycles. The van der Waals surface area contributed by atoms with Crippen LogP contribution >= 0.6 is 12.2 Å². The first-order valence-corrected chi connectivity index (χ1v) is 6.54. The van der Waals surface area contributed by atoms with Crippen molar-refractivity contribution in [2.45, 2.75) is 19.9 Å². The van der Waals surface area contributed by atoms with Crippen LogP contribution in [0.2, 0.25) is 0 Å². The zero-order valence-corrected chi connectivity index (χ0v) is 11.7. The fraction of sp³-hybridized carbons (Fsp3) is 0.286. The van der Waals surface area contributed by atoms with E-state index in [4.69, 9.17) is 17.0 Å². The molecule has 1 amide bonds. The molecule has 0 aliphatic carbocycles. The topological polar surface area (TPSA) is 50.4 Å². The van der Waals surface area contributed by atoms with Gasteiger partial charge >= 0.3 is 0 Å². The Balaban J connectivity index is 2.47. The number of ether oxygens (including phenoxy) is 1. The maximum Gasteiger partial charge on any atom is 0.256 e. The van der Waals surface area contributed by atoms with Gasteiger partial charge in [-0.1, -0.05) is 30.3 Å². The van der Waals surface area contributed by atoms with Crippen LogP contribution in [0.5, 0.6) is 0 Å². The second-order valence-electron chi connectivity index (χ2n) is 4.19. The number of benzene rings is 1. The molecule has 4 nitrogen and oxygen atoms in total. The smallest absolute Gasteiger partial charge is 0.256 e. The van der Waals surface area contributed by atoms with Crippen LogP contribution in [-0.2, 0) is 9.53 Å². The van der Waals surface area contributed by atoms with Gasteiger partial charge < -0.3 is 10.1 Å². The number of carbonyl (C=O) groups is 1. The summed E-state index contributed by atoms with van der Waals surface area (Å²) in [5.41, 5.74) is 1.55. The number of carbonyl (C=O) groups excluding carboxylic acids is 1. The fourth-order valence-electron chi connectivity index (χ4n) is 1.99. The first-order valence-electron chi connectivity index (χ1n) is 6.13. The Bertz CT molecular complexity index is 526. The molecule has 2 rings (SSSR count). The van der Waals surface area contributed by atoms with Crippen molar-refractivity contribution in [3.05, 3.63) is 47.2 Å². The van der Waals surface area contributed by atoms with Crippen LogP contribution in [0, 0.1) is 0 Å². The zero-order chi connectivity index (χ0) is 13.8. The number of thiocarbonyl (C=S) groups is 1. The van der Waals surface area contributed by atoms with Gasteiger partial charge in [-0.2, -0.15) is 0 Å². The van der Waals surface area contributed by atoms with Crippen molar-refractivity contribution < 1.29 is 9.53 Å². The lowest BCUT2D eigenvalue weighted by atomic mass is 10.0. The summed E-state index contributed by atoms with van der Waals surface area (Å²) in [5.74, 6) is 0.394. The van der Waals surface area contributed by atoms with Gasteiger partial charge in [0, 0.05) is 0 Å². The molecule has 1 aliphatic rings. The molecule has 1 atom stereocenters. The molecule has 19 heavy (non-hydrogen) atoms. The van der Waals surface area contributed by atoms with E-state index in [1.807, 2.05) is 37.3 Å². The summed E-state index contributed by atoms with van der Waals surface area (Å²) in [7, 11) is 0. The quantitative estimate of drug-likeness (QED) is 0.830. The van der Waals surface area contributed by atoms with E-state index in [0.29, 0.717) is 23.1 Å². The van der Waals surface area contributed by atoms with Crippen molar-refractivity contribution in [1.82, 2.24) is 10.6 Å². The predicted octanol–water partition coefficient (Wildman–Crippen LogP) is 2.04. The van der Waals surface area contributed by atoms with Gasteiger partial charge in [0.25, 0.3) is 5.91 Å². The van der Waals surface area contributed by atoms with Gasteiger partial charge in [0.15, 0.2) is 5.11 Å². The van der Waals surface area contributed by atoms with Crippen molar-refractivity contribution >= 4 is 23.2 Å². The molecule has 0 saturated carbocycles. The van der Waals surface area contributed by atoms with E-state index < -0.39 is 0 Å². The van der Waals surface area contributed by atoms with Gasteiger partial charge in [0.2, 0.25) is 0 Å². The Labute approximate surface area is 117 Å². The third-order valence-electron chi connectivity index (χ3n) is 2.91. The molecule has 1 heterocycles. The summed E-state index contributed by atoms with van der Waals surface area (Å²) >= 11 is 5.11. The highest BCUT2D eigenvalue weighted by atomic mass is 32.1. The summed E-state index contributed by atoms with van der Waals surface area (Å²) in [4.78, 5) is 11.9. The van der Waals surface area contributed by atoms with Gasteiger partial charge in [0.05, 0.1) is 12.2 Å². The van der Waals surface area contributed by atoms with Gasteiger partial charge in [0.1, 0.15) is 11.8 Å². The van der Waals surface area contributed by atoms with Crippen molar-refractivity contribution in [3.8, 4) is 0 Å². The van der Waals surface area contributed by atoms with Crippen LogP contribution in [0.15, 0.2) is 41.7 Å². The predicted molar refractivity (Wildman–Crippen MR) is 77.4 cm³/mol. The molecule has 2 N–H and O–H groups in total. The summed E-state index contributed by atoms with van der Waals surface area (Å²) in [6, 6.07) is 9.54. The van der Waals surface area contributed by atoms with Gasteiger partial charge in [-0.15, -0.1) is 0 Å². The summed E-state index contributed by atoms with van der Waals surface area (Å²) < 4.78 is 5.66. The average molecular weight is 276 g/mol. The second-order valence-corrected chi connectivity index (χ2v) is 4.60. The van der Waals surface area contributed by atoms with E-state index in [1.54, 1.807) is 6.92 Å². The normalized spacial score (nSPS) is 19.6. The van der Waals surface area contributed by atoms with Crippen molar-refractivity contribution in [3.63, 3.8) is 0 Å². The average Bonchev–Trinajstić information content (AvgIpc) is 2.52. The van der Waals surface area contributed by atoms with E-state index >= 15 is 0 Å². The number of nitrogens with one attached hydrogen (secondary N) is 2. The van der Waals surface area contributed by atoms with E-state index in [-0.39, 0.29) is 11.9 Å². The molecule has 0 saturated heterocycles. The maximum atomic E-state index is 11.9. The molecule has 5 heteroatoms. The van der Waals surface area contributed by atoms with E-state index in [1.165, 1.54) is 0 Å². The minimum atomic E-state index is -0.243. The number of hydrogen-bond donors (Lipinski definition) is 2. The van der Waals surface area contributed by atoms with Crippen LogP contribution in [0.3, 0.4) is 0 Å². The molecule has 1 unspecified atom stereocenters. The fourth-order valence-corrected chi connectivity index (χ4v) is 2.20. The SMILES string of the molecule is CCOC1=C(C)C(=O)NC(=S)NC1c1ccccc1. The van der Waals surface area contributed by atoms with Crippen molar-refractivity contribution in [1.29, 1.82) is 0 Å². The number of amides is 1. The molecule has 1 aliphatic heterocycles. The highest BCUT2D eigenvalue weighted by Gasteiger charge is 2.27. The van der Waals surface area contributed by atoms with Crippen molar-refractivity contribution in [2.75, 3.05) is 6.61 Å². The minimum absolute atomic E-state index is 0.223. The molecule has 0 radical (unpaired) electrons. The Morgan fingerprint density at radius 3 is 2.63 bits per heavy atom. The van der Waals surface area contributed by atoms with Crippen LogP contribution in [0.4, 0.5) is 0 Å². The van der Waals surface area contributed by atoms with E-state index in [9.17, 15) is 4.79 Å². The van der Waals surface area contributed by atoms with Crippen LogP contribution in [0.25, 0.3) is 0 Å². The Hall–Kier alpha value is -1.88. The van der Waals surface area contributed by atoms with Crippen molar-refractivity contribution in [2.24, 2.45) is 0 Å². The van der Waals surface area contributed by atoms with Gasteiger partial charge in [-0.05, 0) is 31.6 Å². The van der Waals surface area contributed by atoms with Crippen LogP contribution < -0.4 is 10.6 Å². The molecule has 0 spiro atoms. The standard InChI is InChI=1S/C14H16N2O2S/c1-3-18-12-9(2)13(17)16-14(19)15-11(12)10-7-5-4-6-8-10/h4-8,11H,3H2,1-2H3,(H2,15,16,17,19). The first kappa shape index (κ1) is 13.5. The summed E-state index contributed by atoms with van der Waals surface area (Å²) in [6.07, 6.45) is 0. The Morgan fingerprint density at radius 1 is 1.32 bits per heavy atom. The second kappa shape index (κ2) is 5.84. The molecule has 0 bridgehead atoms. The molecule has 1 aromatic rings. The zero-order valence-electron chi connectivity index (χ0n) is 10.9. The molecule has 0 fully saturated rings. The lowest BCUT2D eigenvalue weighted by Gasteiger charge is -2.21. The minimum Gasteiger partial charge on any atom is -0.495 e. The summed E-state index contributed by atoms with van der Waals surface area (Å²) in [5, 5.41) is 6.04. The third-order valence-corrected chi connectivity index (χ3v) is 3.13. The van der Waals surface area contributed by atoms with E-state index in [2.05, 4.69) is 10.6 Å². The van der Waals surface area contributed by atoms with Gasteiger partial charge in [-0.3, -0.25) is 10.1 Å². The first-order chi connectivity index (χ1) is 9.13. The van der Waals surface area contributed by atoms with Crippen LogP contribution in [0.1, 0.15) is 25.5 Å². The lowest BCUT2D eigenvalue weighted by Crippen LogP contribution is -2.38.